The van der Waals surface area contributed by atoms with E-state index in [-0.39, 0.29) is 11.5 Å². The molecule has 1 unspecified atom stereocenters. The number of hydrogen-bond donors (Lipinski definition) is 0. The SMILES string of the molecule is CC(C)C1COC([C@@]23CC[C@H](CC2=O)C3(C)C)=N1. The molecule has 3 rings (SSSR count). The van der Waals surface area contributed by atoms with Crippen LogP contribution in [0.4, 0.5) is 0 Å². The number of carbonyl (C=O) groups is 1. The van der Waals surface area contributed by atoms with Crippen molar-refractivity contribution in [3.63, 3.8) is 0 Å². The quantitative estimate of drug-likeness (QED) is 0.755. The molecule has 0 N–H and O–H groups in total. The molecule has 1 aliphatic heterocycles. The largest absolute Gasteiger partial charge is 0.478 e. The molecule has 100 valence electrons. The monoisotopic (exact) mass is 249 g/mol. The highest BCUT2D eigenvalue weighted by Crippen LogP contribution is 2.64. The maximum absolute atomic E-state index is 12.5. The summed E-state index contributed by atoms with van der Waals surface area (Å²) in [5.74, 6) is 2.13. The molecule has 1 heterocycles. The average molecular weight is 249 g/mol. The van der Waals surface area contributed by atoms with E-state index in [0.29, 0.717) is 24.2 Å². The Balaban J connectivity index is 2.01. The van der Waals surface area contributed by atoms with Crippen LogP contribution in [0.5, 0.6) is 0 Å². The zero-order valence-electron chi connectivity index (χ0n) is 11.8. The number of carbonyl (C=O) groups excluding carboxylic acids is 1. The molecular weight excluding hydrogens is 226 g/mol. The van der Waals surface area contributed by atoms with Crippen molar-refractivity contribution in [3.8, 4) is 0 Å². The Morgan fingerprint density at radius 2 is 2.11 bits per heavy atom. The number of Topliss-reactive ketones (excluding diaryl/α,β-unsaturated/α-hetero) is 1. The van der Waals surface area contributed by atoms with Crippen LogP contribution in [-0.4, -0.2) is 24.3 Å². The van der Waals surface area contributed by atoms with Crippen molar-refractivity contribution >= 4 is 11.7 Å². The maximum atomic E-state index is 12.5. The third-order valence-corrected chi connectivity index (χ3v) is 5.70. The van der Waals surface area contributed by atoms with Crippen LogP contribution in [0.1, 0.15) is 47.0 Å². The van der Waals surface area contributed by atoms with Gasteiger partial charge in [-0.15, -0.1) is 0 Å². The van der Waals surface area contributed by atoms with Crippen molar-refractivity contribution in [1.82, 2.24) is 0 Å². The molecule has 0 amide bonds. The van der Waals surface area contributed by atoms with Crippen LogP contribution in [0.3, 0.4) is 0 Å². The molecule has 18 heavy (non-hydrogen) atoms. The van der Waals surface area contributed by atoms with Gasteiger partial charge in [-0.1, -0.05) is 27.7 Å². The minimum atomic E-state index is -0.401. The molecule has 2 aliphatic carbocycles. The van der Waals surface area contributed by atoms with Crippen molar-refractivity contribution in [2.75, 3.05) is 6.61 Å². The van der Waals surface area contributed by atoms with Gasteiger partial charge in [-0.05, 0) is 30.1 Å². The van der Waals surface area contributed by atoms with Crippen molar-refractivity contribution in [1.29, 1.82) is 0 Å². The van der Waals surface area contributed by atoms with Crippen LogP contribution in [0, 0.1) is 22.7 Å². The first-order valence-corrected chi connectivity index (χ1v) is 7.14. The Kier molecular flexibility index (Phi) is 2.43. The first-order valence-electron chi connectivity index (χ1n) is 7.14. The summed E-state index contributed by atoms with van der Waals surface area (Å²) < 4.78 is 5.87. The van der Waals surface area contributed by atoms with Gasteiger partial charge in [0.1, 0.15) is 17.8 Å². The molecule has 0 aromatic carbocycles. The highest BCUT2D eigenvalue weighted by atomic mass is 16.5. The molecule has 0 saturated heterocycles. The van der Waals surface area contributed by atoms with Gasteiger partial charge in [0.25, 0.3) is 0 Å². The summed E-state index contributed by atoms with van der Waals surface area (Å²) in [5, 5.41) is 0. The van der Waals surface area contributed by atoms with E-state index in [1.54, 1.807) is 0 Å². The molecule has 2 fully saturated rings. The predicted octanol–water partition coefficient (Wildman–Crippen LogP) is 2.84. The van der Waals surface area contributed by atoms with Gasteiger partial charge in [0.05, 0.1) is 6.04 Å². The Hall–Kier alpha value is -0.860. The molecule has 2 saturated carbocycles. The number of ether oxygens (including phenoxy) is 1. The Morgan fingerprint density at radius 1 is 1.39 bits per heavy atom. The van der Waals surface area contributed by atoms with Gasteiger partial charge in [-0.2, -0.15) is 0 Å². The lowest BCUT2D eigenvalue weighted by Gasteiger charge is -2.35. The predicted molar refractivity (Wildman–Crippen MR) is 70.6 cm³/mol. The van der Waals surface area contributed by atoms with Crippen molar-refractivity contribution in [2.45, 2.75) is 53.0 Å². The summed E-state index contributed by atoms with van der Waals surface area (Å²) >= 11 is 0. The highest BCUT2D eigenvalue weighted by Gasteiger charge is 2.68. The fourth-order valence-corrected chi connectivity index (χ4v) is 4.14. The summed E-state index contributed by atoms with van der Waals surface area (Å²) in [6.45, 7) is 9.44. The fourth-order valence-electron chi connectivity index (χ4n) is 4.14. The molecule has 3 atom stereocenters. The van der Waals surface area contributed by atoms with Crippen LogP contribution < -0.4 is 0 Å². The summed E-state index contributed by atoms with van der Waals surface area (Å²) in [6.07, 6.45) is 2.81. The zero-order valence-corrected chi connectivity index (χ0v) is 11.8. The van der Waals surface area contributed by atoms with Crippen LogP contribution in [0.25, 0.3) is 0 Å². The molecule has 2 bridgehead atoms. The minimum Gasteiger partial charge on any atom is -0.478 e. The molecule has 0 aromatic heterocycles. The van der Waals surface area contributed by atoms with Crippen LogP contribution >= 0.6 is 0 Å². The van der Waals surface area contributed by atoms with Gasteiger partial charge < -0.3 is 4.74 Å². The smallest absolute Gasteiger partial charge is 0.198 e. The molecule has 3 heteroatoms. The maximum Gasteiger partial charge on any atom is 0.198 e. The molecule has 0 radical (unpaired) electrons. The lowest BCUT2D eigenvalue weighted by Crippen LogP contribution is -2.43. The lowest BCUT2D eigenvalue weighted by atomic mass is 9.68. The summed E-state index contributed by atoms with van der Waals surface area (Å²) in [4.78, 5) is 17.2. The van der Waals surface area contributed by atoms with E-state index in [1.165, 1.54) is 0 Å². The van der Waals surface area contributed by atoms with Gasteiger partial charge in [0.15, 0.2) is 5.90 Å². The van der Waals surface area contributed by atoms with Gasteiger partial charge >= 0.3 is 0 Å². The second-order valence-electron chi connectivity index (χ2n) is 7.05. The van der Waals surface area contributed by atoms with Crippen molar-refractivity contribution < 1.29 is 9.53 Å². The van der Waals surface area contributed by atoms with E-state index in [1.807, 2.05) is 0 Å². The molecular formula is C15H23NO2. The highest BCUT2D eigenvalue weighted by molar-refractivity contribution is 6.10. The van der Waals surface area contributed by atoms with E-state index in [2.05, 4.69) is 27.7 Å². The second-order valence-corrected chi connectivity index (χ2v) is 7.05. The van der Waals surface area contributed by atoms with Crippen molar-refractivity contribution in [3.05, 3.63) is 0 Å². The topological polar surface area (TPSA) is 38.7 Å². The normalized spacial score (nSPS) is 41.4. The fraction of sp³-hybridized carbons (Fsp3) is 0.867. The van der Waals surface area contributed by atoms with Crippen molar-refractivity contribution in [2.24, 2.45) is 27.7 Å². The number of hydrogen-bond acceptors (Lipinski definition) is 3. The Labute approximate surface area is 109 Å². The van der Waals surface area contributed by atoms with E-state index < -0.39 is 5.41 Å². The van der Waals surface area contributed by atoms with E-state index in [9.17, 15) is 4.79 Å². The number of nitrogens with zero attached hydrogens (tertiary/aromatic N) is 1. The van der Waals surface area contributed by atoms with Gasteiger partial charge in [0.2, 0.25) is 0 Å². The molecule has 3 nitrogen and oxygen atoms in total. The van der Waals surface area contributed by atoms with Crippen LogP contribution in [0.15, 0.2) is 4.99 Å². The van der Waals surface area contributed by atoms with Crippen LogP contribution in [0.2, 0.25) is 0 Å². The Morgan fingerprint density at radius 3 is 2.56 bits per heavy atom. The van der Waals surface area contributed by atoms with E-state index in [0.717, 1.165) is 25.2 Å². The van der Waals surface area contributed by atoms with Gasteiger partial charge in [0, 0.05) is 6.42 Å². The number of ketones is 1. The summed E-state index contributed by atoms with van der Waals surface area (Å²) in [6, 6.07) is 0.234. The summed E-state index contributed by atoms with van der Waals surface area (Å²) in [7, 11) is 0. The second kappa shape index (κ2) is 3.58. The first-order chi connectivity index (χ1) is 8.39. The third kappa shape index (κ3) is 1.25. The average Bonchev–Trinajstić information content (AvgIpc) is 2.90. The number of aliphatic imine (C=N–C) groups is 1. The minimum absolute atomic E-state index is 0.0226. The number of rotatable bonds is 2. The van der Waals surface area contributed by atoms with Gasteiger partial charge in [-0.3, -0.25) is 4.79 Å². The molecule has 0 spiro atoms. The summed E-state index contributed by atoms with van der Waals surface area (Å²) in [5.41, 5.74) is -0.379. The standard InChI is InChI=1S/C15H23NO2/c1-9(2)11-8-18-13(16-11)15-6-5-10(7-12(15)17)14(15,3)4/h9-11H,5-8H2,1-4H3/t10-,11?,15-/m1/s1. The number of fused-ring (bicyclic) bond motifs is 2. The third-order valence-electron chi connectivity index (χ3n) is 5.70. The molecule has 3 aliphatic rings. The van der Waals surface area contributed by atoms with E-state index >= 15 is 0 Å². The van der Waals surface area contributed by atoms with Crippen LogP contribution in [-0.2, 0) is 9.53 Å². The lowest BCUT2D eigenvalue weighted by molar-refractivity contribution is -0.126. The zero-order chi connectivity index (χ0) is 13.1. The van der Waals surface area contributed by atoms with E-state index in [4.69, 9.17) is 9.73 Å². The first kappa shape index (κ1) is 12.2. The Bertz CT molecular complexity index is 424. The molecule has 0 aromatic rings. The van der Waals surface area contributed by atoms with Gasteiger partial charge in [-0.25, -0.2) is 4.99 Å².